The van der Waals surface area contributed by atoms with Gasteiger partial charge < -0.3 is 19.9 Å². The number of rotatable bonds is 11. The molecule has 0 aliphatic carbocycles. The van der Waals surface area contributed by atoms with Crippen molar-refractivity contribution >= 4 is 40.8 Å². The second-order valence-electron chi connectivity index (χ2n) is 18.5. The van der Waals surface area contributed by atoms with Gasteiger partial charge in [-0.2, -0.15) is 9.90 Å². The van der Waals surface area contributed by atoms with Crippen molar-refractivity contribution in [2.45, 2.75) is 65.5 Å². The van der Waals surface area contributed by atoms with Crippen molar-refractivity contribution in [3.63, 3.8) is 0 Å². The lowest BCUT2D eigenvalue weighted by Gasteiger charge is -2.39. The van der Waals surface area contributed by atoms with Crippen molar-refractivity contribution in [3.8, 4) is 28.3 Å². The second-order valence-corrected chi connectivity index (χ2v) is 18.5. The van der Waals surface area contributed by atoms with E-state index >= 15 is 0 Å². The standard InChI is InChI=1S/C48H56N14O5/c1-30-25-33(7-10-36(30)31(2)51-45(64)44-54-56-62(55-44)48(3,4)5)43-38-13-17-50-61(38)29-37(52-43)35-9-12-41(49-27-35)58-23-21-57(22-24-58)28-32-14-18-59(19-15-32)46(65)34-8-11-40(67-6)39(26-34)60-20-16-42(63)53-47(60)66/h7-13,17,25-27,29,31-32H,14-16,18-24,28H2,1-6H3,(H,51,64)(H,53,63,66)/t31-/m1/s1. The number of nitrogens with one attached hydrogen (secondary N) is 2. The van der Waals surface area contributed by atoms with Crippen LogP contribution in [0.4, 0.5) is 16.3 Å². The normalized spacial score (nSPS) is 16.9. The third kappa shape index (κ3) is 9.54. The van der Waals surface area contributed by atoms with E-state index in [0.29, 0.717) is 36.0 Å². The number of nitrogens with zero attached hydrogens (tertiary/aromatic N) is 12. The van der Waals surface area contributed by atoms with Crippen LogP contribution in [0.2, 0.25) is 0 Å². The molecule has 67 heavy (non-hydrogen) atoms. The summed E-state index contributed by atoms with van der Waals surface area (Å²) >= 11 is 0. The minimum absolute atomic E-state index is 0.0272. The van der Waals surface area contributed by atoms with E-state index in [9.17, 15) is 19.2 Å². The van der Waals surface area contributed by atoms with Crippen molar-refractivity contribution in [2.24, 2.45) is 5.92 Å². The number of pyridine rings is 1. The molecule has 19 heteroatoms. The number of piperazine rings is 1. The van der Waals surface area contributed by atoms with Crippen LogP contribution >= 0.6 is 0 Å². The molecular weight excluding hydrogens is 853 g/mol. The summed E-state index contributed by atoms with van der Waals surface area (Å²) < 4.78 is 7.33. The van der Waals surface area contributed by atoms with E-state index in [1.54, 1.807) is 24.4 Å². The number of amides is 5. The molecule has 3 saturated heterocycles. The number of anilines is 2. The van der Waals surface area contributed by atoms with Crippen LogP contribution < -0.4 is 25.2 Å². The molecule has 1 atom stereocenters. The lowest BCUT2D eigenvalue weighted by atomic mass is 9.95. The van der Waals surface area contributed by atoms with E-state index in [0.717, 1.165) is 90.5 Å². The molecule has 0 unspecified atom stereocenters. The first-order valence-corrected chi connectivity index (χ1v) is 22.8. The topological polar surface area (TPSA) is 201 Å². The molecule has 0 radical (unpaired) electrons. The fourth-order valence-electron chi connectivity index (χ4n) is 9.09. The highest BCUT2D eigenvalue weighted by molar-refractivity contribution is 6.07. The monoisotopic (exact) mass is 908 g/mol. The lowest BCUT2D eigenvalue weighted by molar-refractivity contribution is -0.120. The highest BCUT2D eigenvalue weighted by atomic mass is 16.5. The number of ether oxygens (including phenoxy) is 1. The fraction of sp³-hybridized carbons (Fsp3) is 0.417. The second kappa shape index (κ2) is 18.5. The van der Waals surface area contributed by atoms with Crippen LogP contribution in [0.3, 0.4) is 0 Å². The van der Waals surface area contributed by atoms with Gasteiger partial charge >= 0.3 is 6.03 Å². The number of aromatic nitrogens is 8. The maximum Gasteiger partial charge on any atom is 0.328 e. The van der Waals surface area contributed by atoms with Gasteiger partial charge in [-0.25, -0.2) is 19.3 Å². The average Bonchev–Trinajstić information content (AvgIpc) is 4.03. The maximum absolute atomic E-state index is 13.6. The molecule has 2 aromatic carbocycles. The summed E-state index contributed by atoms with van der Waals surface area (Å²) in [6.07, 6.45) is 7.59. The molecule has 0 bridgehead atoms. The summed E-state index contributed by atoms with van der Waals surface area (Å²) in [6.45, 7) is 15.9. The highest BCUT2D eigenvalue weighted by Gasteiger charge is 2.31. The van der Waals surface area contributed by atoms with E-state index in [2.05, 4.69) is 59.1 Å². The van der Waals surface area contributed by atoms with Gasteiger partial charge in [0, 0.05) is 81.7 Å². The van der Waals surface area contributed by atoms with Crippen LogP contribution in [0.1, 0.15) is 85.1 Å². The number of hydrogen-bond donors (Lipinski definition) is 2. The van der Waals surface area contributed by atoms with Crippen LogP contribution in [0.15, 0.2) is 73.2 Å². The van der Waals surface area contributed by atoms with Gasteiger partial charge in [0.05, 0.1) is 53.7 Å². The average molecular weight is 909 g/mol. The van der Waals surface area contributed by atoms with E-state index in [1.165, 1.54) is 16.8 Å². The molecular formula is C48H56N14O5. The summed E-state index contributed by atoms with van der Waals surface area (Å²) in [5, 5.41) is 22.2. The Hall–Kier alpha value is -7.28. The smallest absolute Gasteiger partial charge is 0.328 e. The minimum Gasteiger partial charge on any atom is -0.495 e. The van der Waals surface area contributed by atoms with E-state index in [-0.39, 0.29) is 48.1 Å². The number of fused-ring (bicyclic) bond motifs is 1. The Kier molecular flexibility index (Phi) is 12.4. The summed E-state index contributed by atoms with van der Waals surface area (Å²) in [6, 6.07) is 16.5. The first-order valence-electron chi connectivity index (χ1n) is 22.8. The van der Waals surface area contributed by atoms with Gasteiger partial charge in [-0.15, -0.1) is 10.2 Å². The van der Waals surface area contributed by atoms with Crippen molar-refractivity contribution in [1.29, 1.82) is 0 Å². The highest BCUT2D eigenvalue weighted by Crippen LogP contribution is 2.33. The zero-order valence-corrected chi connectivity index (χ0v) is 38.8. The molecule has 7 heterocycles. The minimum atomic E-state index is -0.520. The predicted octanol–water partition coefficient (Wildman–Crippen LogP) is 5.13. The number of aryl methyl sites for hydroxylation is 1. The van der Waals surface area contributed by atoms with E-state index < -0.39 is 6.03 Å². The van der Waals surface area contributed by atoms with Crippen molar-refractivity contribution in [3.05, 3.63) is 95.7 Å². The van der Waals surface area contributed by atoms with Gasteiger partial charge in [-0.3, -0.25) is 29.5 Å². The zero-order chi connectivity index (χ0) is 47.0. The summed E-state index contributed by atoms with van der Waals surface area (Å²) in [5.41, 5.74) is 6.76. The molecule has 3 fully saturated rings. The molecule has 0 saturated carbocycles. The van der Waals surface area contributed by atoms with Crippen molar-refractivity contribution in [2.75, 3.05) is 69.3 Å². The Morgan fingerprint density at radius 2 is 1.72 bits per heavy atom. The number of piperidine rings is 1. The Bertz CT molecular complexity index is 2820. The van der Waals surface area contributed by atoms with Gasteiger partial charge in [0.1, 0.15) is 11.6 Å². The number of imide groups is 1. The molecule has 5 amide bonds. The quantitative estimate of drug-likeness (QED) is 0.174. The van der Waals surface area contributed by atoms with E-state index in [4.69, 9.17) is 14.7 Å². The molecule has 19 nitrogen and oxygen atoms in total. The predicted molar refractivity (Wildman–Crippen MR) is 251 cm³/mol. The molecule has 348 valence electrons. The van der Waals surface area contributed by atoms with Crippen LogP contribution in [-0.2, 0) is 10.3 Å². The largest absolute Gasteiger partial charge is 0.495 e. The maximum atomic E-state index is 13.6. The number of carbonyl (C=O) groups is 4. The lowest BCUT2D eigenvalue weighted by Crippen LogP contribution is -2.50. The molecule has 9 rings (SSSR count). The van der Waals surface area contributed by atoms with Crippen LogP contribution in [-0.4, -0.2) is 133 Å². The SMILES string of the molecule is COc1ccc(C(=O)N2CCC(CN3CCN(c4ccc(-c5cn6nccc6c(-c6ccc([C@@H](C)NC(=O)c7nnn(C(C)(C)C)n7)c(C)c6)n5)cn4)CC3)CC2)cc1N1CCC(=O)NC1=O. The molecule has 3 aliphatic heterocycles. The van der Waals surface area contributed by atoms with Gasteiger partial charge in [-0.05, 0) is 112 Å². The van der Waals surface area contributed by atoms with Gasteiger partial charge in [-0.1, -0.05) is 12.1 Å². The molecule has 6 aromatic rings. The van der Waals surface area contributed by atoms with E-state index in [1.807, 2.05) is 74.6 Å². The molecule has 4 aromatic heterocycles. The number of likely N-dealkylation sites (tertiary alicyclic amines) is 1. The fourth-order valence-corrected chi connectivity index (χ4v) is 9.09. The van der Waals surface area contributed by atoms with Gasteiger partial charge in [0.2, 0.25) is 5.91 Å². The molecule has 3 aliphatic rings. The van der Waals surface area contributed by atoms with Crippen LogP contribution in [0.5, 0.6) is 5.75 Å². The van der Waals surface area contributed by atoms with Crippen LogP contribution in [0, 0.1) is 12.8 Å². The Morgan fingerprint density at radius 3 is 2.40 bits per heavy atom. The number of urea groups is 1. The Balaban J connectivity index is 0.786. The number of hydrogen-bond acceptors (Lipinski definition) is 13. The van der Waals surface area contributed by atoms with Gasteiger partial charge in [0.15, 0.2) is 0 Å². The summed E-state index contributed by atoms with van der Waals surface area (Å²) in [7, 11) is 1.52. The first-order chi connectivity index (χ1) is 32.2. The van der Waals surface area contributed by atoms with Crippen LogP contribution in [0.25, 0.3) is 28.0 Å². The van der Waals surface area contributed by atoms with Crippen molar-refractivity contribution < 1.29 is 23.9 Å². The number of methoxy groups -OCH3 is 1. The number of carbonyl (C=O) groups excluding carboxylic acids is 4. The first kappa shape index (κ1) is 44.9. The summed E-state index contributed by atoms with van der Waals surface area (Å²) in [4.78, 5) is 70.6. The number of benzene rings is 2. The molecule has 2 N–H and O–H groups in total. The Labute approximate surface area is 388 Å². The number of tetrazole rings is 1. The van der Waals surface area contributed by atoms with Gasteiger partial charge in [0.25, 0.3) is 17.6 Å². The third-order valence-corrected chi connectivity index (χ3v) is 12.9. The molecule has 0 spiro atoms. The van der Waals surface area contributed by atoms with Crippen molar-refractivity contribution in [1.82, 2.24) is 60.2 Å². The third-order valence-electron chi connectivity index (χ3n) is 12.9. The summed E-state index contributed by atoms with van der Waals surface area (Å²) in [5.74, 6) is 1.13. The zero-order valence-electron chi connectivity index (χ0n) is 38.8. The Morgan fingerprint density at radius 1 is 0.940 bits per heavy atom.